The van der Waals surface area contributed by atoms with Gasteiger partial charge < -0.3 is 14.9 Å². The molecule has 1 aromatic rings. The standard InChI is InChI=1S/C19H30N2O2S/c1-2-20-9-5-15(6-10-20)14-18(22)21-11-7-16(8-12-21)19(23)17-4-3-13-24-17/h3-4,13,15-16,19,23H,2,5-12,14H2,1H3/t19-/m0/s1. The Balaban J connectivity index is 1.42. The van der Waals surface area contributed by atoms with Crippen molar-refractivity contribution in [3.8, 4) is 0 Å². The first-order chi connectivity index (χ1) is 11.7. The summed E-state index contributed by atoms with van der Waals surface area (Å²) in [5.74, 6) is 1.18. The Morgan fingerprint density at radius 1 is 1.25 bits per heavy atom. The van der Waals surface area contributed by atoms with Crippen molar-refractivity contribution in [2.75, 3.05) is 32.7 Å². The highest BCUT2D eigenvalue weighted by Crippen LogP contribution is 2.33. The summed E-state index contributed by atoms with van der Waals surface area (Å²) < 4.78 is 0. The third-order valence-corrected chi connectivity index (χ3v) is 6.73. The Morgan fingerprint density at radius 3 is 2.54 bits per heavy atom. The molecule has 2 aliphatic heterocycles. The molecule has 0 spiro atoms. The van der Waals surface area contributed by atoms with E-state index in [0.29, 0.717) is 17.7 Å². The number of thiophene rings is 1. The number of rotatable bonds is 5. The van der Waals surface area contributed by atoms with Gasteiger partial charge in [-0.25, -0.2) is 0 Å². The number of aliphatic hydroxyl groups is 1. The molecule has 2 fully saturated rings. The van der Waals surface area contributed by atoms with Crippen molar-refractivity contribution in [1.82, 2.24) is 9.80 Å². The molecule has 2 aliphatic rings. The molecule has 0 unspecified atom stereocenters. The average molecular weight is 351 g/mol. The van der Waals surface area contributed by atoms with E-state index in [1.165, 1.54) is 0 Å². The Labute approximate surface area is 149 Å². The van der Waals surface area contributed by atoms with Crippen LogP contribution < -0.4 is 0 Å². The Morgan fingerprint density at radius 2 is 1.96 bits per heavy atom. The largest absolute Gasteiger partial charge is 0.387 e. The summed E-state index contributed by atoms with van der Waals surface area (Å²) in [6, 6.07) is 4.00. The zero-order chi connectivity index (χ0) is 16.9. The smallest absolute Gasteiger partial charge is 0.222 e. The van der Waals surface area contributed by atoms with Crippen LogP contribution >= 0.6 is 11.3 Å². The summed E-state index contributed by atoms with van der Waals surface area (Å²) >= 11 is 1.62. The van der Waals surface area contributed by atoms with Gasteiger partial charge in [0.15, 0.2) is 0 Å². The number of aliphatic hydroxyl groups excluding tert-OH is 1. The lowest BCUT2D eigenvalue weighted by Crippen LogP contribution is -2.41. The summed E-state index contributed by atoms with van der Waals surface area (Å²) in [4.78, 5) is 18.1. The van der Waals surface area contributed by atoms with E-state index in [9.17, 15) is 9.90 Å². The van der Waals surface area contributed by atoms with Crippen molar-refractivity contribution in [1.29, 1.82) is 0 Å². The Kier molecular flexibility index (Phi) is 6.31. The van der Waals surface area contributed by atoms with E-state index in [0.717, 1.165) is 69.7 Å². The number of nitrogens with zero attached hydrogens (tertiary/aromatic N) is 2. The number of piperidine rings is 2. The highest BCUT2D eigenvalue weighted by atomic mass is 32.1. The van der Waals surface area contributed by atoms with Crippen LogP contribution in [0.1, 0.15) is 50.0 Å². The molecule has 3 rings (SSSR count). The maximum absolute atomic E-state index is 12.6. The fourth-order valence-electron chi connectivity index (χ4n) is 4.04. The summed E-state index contributed by atoms with van der Waals surface area (Å²) in [7, 11) is 0. The van der Waals surface area contributed by atoms with Gasteiger partial charge in [0, 0.05) is 24.4 Å². The number of carbonyl (C=O) groups is 1. The molecule has 0 aromatic carbocycles. The summed E-state index contributed by atoms with van der Waals surface area (Å²) in [5, 5.41) is 12.5. The van der Waals surface area contributed by atoms with Gasteiger partial charge in [-0.2, -0.15) is 0 Å². The van der Waals surface area contributed by atoms with Gasteiger partial charge in [-0.3, -0.25) is 4.79 Å². The van der Waals surface area contributed by atoms with Crippen LogP contribution in [0.2, 0.25) is 0 Å². The van der Waals surface area contributed by atoms with Gasteiger partial charge in [-0.05, 0) is 68.6 Å². The maximum Gasteiger partial charge on any atom is 0.222 e. The quantitative estimate of drug-likeness (QED) is 0.887. The molecule has 1 aromatic heterocycles. The second-order valence-electron chi connectivity index (χ2n) is 7.26. The van der Waals surface area contributed by atoms with Crippen LogP contribution in [-0.4, -0.2) is 53.5 Å². The van der Waals surface area contributed by atoms with Gasteiger partial charge >= 0.3 is 0 Å². The molecule has 1 amide bonds. The minimum Gasteiger partial charge on any atom is -0.387 e. The van der Waals surface area contributed by atoms with Crippen molar-refractivity contribution < 1.29 is 9.90 Å². The number of hydrogen-bond acceptors (Lipinski definition) is 4. The third-order valence-electron chi connectivity index (χ3n) is 5.79. The van der Waals surface area contributed by atoms with Gasteiger partial charge in [0.05, 0.1) is 6.10 Å². The molecule has 0 saturated carbocycles. The fourth-order valence-corrected chi connectivity index (χ4v) is 4.84. The van der Waals surface area contributed by atoms with Crippen LogP contribution in [-0.2, 0) is 4.79 Å². The van der Waals surface area contributed by atoms with Gasteiger partial charge in [-0.1, -0.05) is 13.0 Å². The summed E-state index contributed by atoms with van der Waals surface area (Å²) in [5.41, 5.74) is 0. The Hall–Kier alpha value is -0.910. The highest BCUT2D eigenvalue weighted by molar-refractivity contribution is 7.10. The summed E-state index contributed by atoms with van der Waals surface area (Å²) in [6.07, 6.45) is 4.51. The molecule has 2 saturated heterocycles. The molecule has 134 valence electrons. The van der Waals surface area contributed by atoms with Crippen molar-refractivity contribution in [2.45, 2.75) is 45.1 Å². The lowest BCUT2D eigenvalue weighted by atomic mass is 9.89. The number of hydrogen-bond donors (Lipinski definition) is 1. The number of amides is 1. The number of carbonyl (C=O) groups excluding carboxylic acids is 1. The summed E-state index contributed by atoms with van der Waals surface area (Å²) in [6.45, 7) is 7.23. The van der Waals surface area contributed by atoms with Crippen molar-refractivity contribution in [3.05, 3.63) is 22.4 Å². The lowest BCUT2D eigenvalue weighted by molar-refractivity contribution is -0.134. The molecule has 1 N–H and O–H groups in total. The van der Waals surface area contributed by atoms with Crippen LogP contribution in [0.25, 0.3) is 0 Å². The molecule has 5 heteroatoms. The minimum atomic E-state index is -0.361. The van der Waals surface area contributed by atoms with E-state index in [4.69, 9.17) is 0 Å². The zero-order valence-corrected chi connectivity index (χ0v) is 15.5. The molecule has 0 radical (unpaired) electrons. The first-order valence-electron chi connectivity index (χ1n) is 9.39. The van der Waals surface area contributed by atoms with Crippen LogP contribution in [0.3, 0.4) is 0 Å². The second kappa shape index (κ2) is 8.45. The molecular formula is C19H30N2O2S. The van der Waals surface area contributed by atoms with Crippen LogP contribution in [0, 0.1) is 11.8 Å². The Bertz CT molecular complexity index is 503. The topological polar surface area (TPSA) is 43.8 Å². The molecule has 4 nitrogen and oxygen atoms in total. The predicted octanol–water partition coefficient (Wildman–Crippen LogP) is 3.14. The third kappa shape index (κ3) is 4.38. The SMILES string of the molecule is CCN1CCC(CC(=O)N2CCC([C@H](O)c3cccs3)CC2)CC1. The first kappa shape index (κ1) is 17.9. The van der Waals surface area contributed by atoms with Crippen molar-refractivity contribution in [3.63, 3.8) is 0 Å². The molecule has 3 heterocycles. The van der Waals surface area contributed by atoms with Gasteiger partial charge in [0.25, 0.3) is 0 Å². The minimum absolute atomic E-state index is 0.292. The second-order valence-corrected chi connectivity index (χ2v) is 8.24. The molecule has 0 aliphatic carbocycles. The van der Waals surface area contributed by atoms with Gasteiger partial charge in [-0.15, -0.1) is 11.3 Å². The predicted molar refractivity (Wildman–Crippen MR) is 98.0 cm³/mol. The van der Waals surface area contributed by atoms with Gasteiger partial charge in [0.2, 0.25) is 5.91 Å². The zero-order valence-electron chi connectivity index (χ0n) is 14.7. The normalized spacial score (nSPS) is 22.7. The first-order valence-corrected chi connectivity index (χ1v) is 10.3. The molecule has 24 heavy (non-hydrogen) atoms. The van der Waals surface area contributed by atoms with E-state index in [1.807, 2.05) is 22.4 Å². The number of likely N-dealkylation sites (tertiary alicyclic amines) is 2. The lowest BCUT2D eigenvalue weighted by Gasteiger charge is -2.36. The molecular weight excluding hydrogens is 320 g/mol. The van der Waals surface area contributed by atoms with Crippen molar-refractivity contribution >= 4 is 17.2 Å². The molecule has 1 atom stereocenters. The monoisotopic (exact) mass is 350 g/mol. The van der Waals surface area contributed by atoms with E-state index in [-0.39, 0.29) is 6.10 Å². The fraction of sp³-hybridized carbons (Fsp3) is 0.737. The highest BCUT2D eigenvalue weighted by Gasteiger charge is 2.30. The molecule has 0 bridgehead atoms. The van der Waals surface area contributed by atoms with E-state index in [1.54, 1.807) is 11.3 Å². The van der Waals surface area contributed by atoms with Crippen LogP contribution in [0.15, 0.2) is 17.5 Å². The van der Waals surface area contributed by atoms with E-state index in [2.05, 4.69) is 11.8 Å². The maximum atomic E-state index is 12.6. The van der Waals surface area contributed by atoms with Crippen LogP contribution in [0.5, 0.6) is 0 Å². The van der Waals surface area contributed by atoms with E-state index >= 15 is 0 Å². The van der Waals surface area contributed by atoms with E-state index < -0.39 is 0 Å². The average Bonchev–Trinajstić information content (AvgIpc) is 3.16. The van der Waals surface area contributed by atoms with Gasteiger partial charge in [0.1, 0.15) is 0 Å². The van der Waals surface area contributed by atoms with Crippen LogP contribution in [0.4, 0.5) is 0 Å². The van der Waals surface area contributed by atoms with Crippen molar-refractivity contribution in [2.24, 2.45) is 11.8 Å².